The molecule has 7 unspecified atom stereocenters. The molecule has 2 saturated heterocycles. The molecule has 0 spiro atoms. The normalized spacial score (nSPS) is 36.8. The number of nitrogens with zero attached hydrogens (tertiary/aromatic N) is 1. The van der Waals surface area contributed by atoms with Gasteiger partial charge in [0.1, 0.15) is 17.7 Å². The van der Waals surface area contributed by atoms with Crippen LogP contribution in [0.1, 0.15) is 84.7 Å². The molecular weight excluding hydrogens is 484 g/mol. The van der Waals surface area contributed by atoms with Gasteiger partial charge in [0.05, 0.1) is 41.8 Å². The molecule has 0 radical (unpaired) electrons. The summed E-state index contributed by atoms with van der Waals surface area (Å²) in [5.41, 5.74) is -1.00. The average molecular weight is 525 g/mol. The van der Waals surface area contributed by atoms with Crippen molar-refractivity contribution in [3.8, 4) is 0 Å². The number of rotatable bonds is 3. The molecule has 36 heavy (non-hydrogen) atoms. The molecule has 9 heteroatoms. The van der Waals surface area contributed by atoms with Crippen molar-refractivity contribution in [1.82, 2.24) is 10.3 Å². The monoisotopic (exact) mass is 524 g/mol. The summed E-state index contributed by atoms with van der Waals surface area (Å²) in [6.45, 7) is 10.9. The van der Waals surface area contributed by atoms with E-state index in [1.54, 1.807) is 26.8 Å². The highest BCUT2D eigenvalue weighted by Crippen LogP contribution is 2.45. The molecule has 2 aliphatic rings. The van der Waals surface area contributed by atoms with Crippen LogP contribution in [0.2, 0.25) is 0 Å². The lowest BCUT2D eigenvalue weighted by Gasteiger charge is -2.35. The van der Waals surface area contributed by atoms with Crippen LogP contribution in [0.25, 0.3) is 6.08 Å². The Morgan fingerprint density at radius 1 is 1.31 bits per heavy atom. The molecule has 3 N–H and O–H groups in total. The number of epoxide rings is 1. The van der Waals surface area contributed by atoms with Gasteiger partial charge in [0, 0.05) is 24.3 Å². The number of hydrogen-bond donors (Lipinski definition) is 3. The first-order valence-corrected chi connectivity index (χ1v) is 13.3. The standard InChI is InChI=1S/C27H41ClN2O6/c1-7-18-24(33)15(2)9-8-10-27(6)22(36-27)12-20(19(28)11-17-14-35-16(3)29-17)30-23(32)13-21(31)26(4,5)25(18)34/h11,14-15,18,20-22,24,31,33H,7-10,12-13H2,1-6H3,(H,30,32). The Labute approximate surface area is 218 Å². The number of hydrogen-bond acceptors (Lipinski definition) is 7. The van der Waals surface area contributed by atoms with Gasteiger partial charge in [-0.05, 0) is 38.2 Å². The summed E-state index contributed by atoms with van der Waals surface area (Å²) in [5, 5.41) is 25.3. The second-order valence-electron chi connectivity index (χ2n) is 11.3. The Bertz CT molecular complexity index is 975. The van der Waals surface area contributed by atoms with E-state index in [1.807, 2.05) is 20.8 Å². The van der Waals surface area contributed by atoms with Gasteiger partial charge in [0.25, 0.3) is 0 Å². The highest BCUT2D eigenvalue weighted by atomic mass is 35.5. The third-order valence-corrected chi connectivity index (χ3v) is 8.40. The molecule has 8 nitrogen and oxygen atoms in total. The largest absolute Gasteiger partial charge is 0.449 e. The van der Waals surface area contributed by atoms with Gasteiger partial charge in [0.15, 0.2) is 5.89 Å². The second kappa shape index (κ2) is 11.3. The lowest BCUT2D eigenvalue weighted by Crippen LogP contribution is -2.48. The van der Waals surface area contributed by atoms with Crippen LogP contribution in [-0.4, -0.2) is 56.8 Å². The summed E-state index contributed by atoms with van der Waals surface area (Å²) in [6.07, 6.45) is 4.05. The lowest BCUT2D eigenvalue weighted by atomic mass is 9.71. The van der Waals surface area contributed by atoms with E-state index >= 15 is 0 Å². The number of aliphatic hydroxyl groups excluding tert-OH is 2. The van der Waals surface area contributed by atoms with Crippen LogP contribution in [0.5, 0.6) is 0 Å². The van der Waals surface area contributed by atoms with Crippen molar-refractivity contribution in [1.29, 1.82) is 0 Å². The van der Waals surface area contributed by atoms with Crippen molar-refractivity contribution < 1.29 is 29.0 Å². The fraction of sp³-hybridized carbons (Fsp3) is 0.741. The predicted octanol–water partition coefficient (Wildman–Crippen LogP) is 4.15. The van der Waals surface area contributed by atoms with Crippen molar-refractivity contribution in [2.75, 3.05) is 0 Å². The lowest BCUT2D eigenvalue weighted by molar-refractivity contribution is -0.144. The molecule has 0 bridgehead atoms. The van der Waals surface area contributed by atoms with Gasteiger partial charge in [-0.25, -0.2) is 4.98 Å². The van der Waals surface area contributed by atoms with Crippen LogP contribution in [0.3, 0.4) is 0 Å². The summed E-state index contributed by atoms with van der Waals surface area (Å²) in [4.78, 5) is 30.7. The summed E-state index contributed by atoms with van der Waals surface area (Å²) in [5.74, 6) is -0.847. The molecule has 0 saturated carbocycles. The third kappa shape index (κ3) is 6.57. The first-order valence-electron chi connectivity index (χ1n) is 12.9. The zero-order valence-corrected chi connectivity index (χ0v) is 23.0. The molecule has 7 atom stereocenters. The molecule has 1 aromatic heterocycles. The highest BCUT2D eigenvalue weighted by molar-refractivity contribution is 6.32. The zero-order valence-electron chi connectivity index (χ0n) is 22.2. The number of aromatic nitrogens is 1. The first kappa shape index (κ1) is 28.8. The average Bonchev–Trinajstić information content (AvgIpc) is 3.24. The topological polar surface area (TPSA) is 125 Å². The maximum atomic E-state index is 13.4. The van der Waals surface area contributed by atoms with Crippen LogP contribution in [-0.2, 0) is 14.3 Å². The number of amides is 1. The molecule has 0 aromatic carbocycles. The Morgan fingerprint density at radius 3 is 2.61 bits per heavy atom. The molecule has 2 fully saturated rings. The number of ketones is 1. The third-order valence-electron chi connectivity index (χ3n) is 8.03. The number of fused-ring (bicyclic) bond motifs is 1. The Kier molecular flexibility index (Phi) is 9.08. The van der Waals surface area contributed by atoms with E-state index in [1.165, 1.54) is 6.26 Å². The summed E-state index contributed by atoms with van der Waals surface area (Å²) in [7, 11) is 0. The Hall–Kier alpha value is -1.74. The van der Waals surface area contributed by atoms with Crippen molar-refractivity contribution in [2.45, 2.75) is 110 Å². The number of carbonyl (C=O) groups is 2. The van der Waals surface area contributed by atoms with E-state index in [4.69, 9.17) is 20.8 Å². The smallest absolute Gasteiger partial charge is 0.223 e. The Morgan fingerprint density at radius 2 is 2.00 bits per heavy atom. The summed E-state index contributed by atoms with van der Waals surface area (Å²) < 4.78 is 11.3. The predicted molar refractivity (Wildman–Crippen MR) is 137 cm³/mol. The van der Waals surface area contributed by atoms with E-state index in [2.05, 4.69) is 10.3 Å². The second-order valence-corrected chi connectivity index (χ2v) is 11.7. The molecule has 2 aliphatic heterocycles. The minimum Gasteiger partial charge on any atom is -0.449 e. The number of ether oxygens (including phenoxy) is 1. The quantitative estimate of drug-likeness (QED) is 0.507. The van der Waals surface area contributed by atoms with Crippen LogP contribution in [0.15, 0.2) is 15.7 Å². The minimum absolute atomic E-state index is 0.0834. The Balaban J connectivity index is 1.87. The van der Waals surface area contributed by atoms with Gasteiger partial charge in [-0.15, -0.1) is 0 Å². The van der Waals surface area contributed by atoms with Gasteiger partial charge in [-0.3, -0.25) is 9.59 Å². The van der Waals surface area contributed by atoms with Crippen molar-refractivity contribution in [3.05, 3.63) is 22.9 Å². The molecule has 3 heterocycles. The fourth-order valence-corrected chi connectivity index (χ4v) is 5.46. The first-order chi connectivity index (χ1) is 16.8. The van der Waals surface area contributed by atoms with Gasteiger partial charge in [-0.2, -0.15) is 0 Å². The number of nitrogens with one attached hydrogen (secondary N) is 1. The molecule has 3 rings (SSSR count). The minimum atomic E-state index is -1.22. The number of oxazole rings is 1. The molecular formula is C27H41ClN2O6. The van der Waals surface area contributed by atoms with E-state index in [0.717, 1.165) is 19.3 Å². The molecule has 202 valence electrons. The van der Waals surface area contributed by atoms with Gasteiger partial charge < -0.3 is 24.7 Å². The van der Waals surface area contributed by atoms with E-state index in [-0.39, 0.29) is 29.8 Å². The van der Waals surface area contributed by atoms with E-state index in [9.17, 15) is 19.8 Å². The van der Waals surface area contributed by atoms with Crippen LogP contribution >= 0.6 is 11.6 Å². The number of aliphatic hydroxyl groups is 2. The maximum absolute atomic E-state index is 13.4. The molecule has 1 aromatic rings. The molecule has 1 amide bonds. The molecule has 0 aliphatic carbocycles. The number of halogens is 1. The highest BCUT2D eigenvalue weighted by Gasteiger charge is 2.52. The van der Waals surface area contributed by atoms with Crippen LogP contribution in [0.4, 0.5) is 0 Å². The van der Waals surface area contributed by atoms with Gasteiger partial charge in [0.2, 0.25) is 5.91 Å². The number of aryl methyl sites for hydroxylation is 1. The fourth-order valence-electron chi connectivity index (χ4n) is 5.20. The summed E-state index contributed by atoms with van der Waals surface area (Å²) >= 11 is 6.65. The summed E-state index contributed by atoms with van der Waals surface area (Å²) in [6, 6.07) is -0.550. The zero-order chi connectivity index (χ0) is 26.8. The SMILES string of the molecule is CCC1C(=O)C(C)(C)C(O)CC(=O)NC(C(Cl)=Cc2coc(C)n2)CC2OC2(C)CCCC(C)C1O. The van der Waals surface area contributed by atoms with Crippen molar-refractivity contribution in [3.63, 3.8) is 0 Å². The maximum Gasteiger partial charge on any atom is 0.223 e. The van der Waals surface area contributed by atoms with Crippen LogP contribution < -0.4 is 5.32 Å². The van der Waals surface area contributed by atoms with Gasteiger partial charge >= 0.3 is 0 Å². The van der Waals surface area contributed by atoms with Crippen molar-refractivity contribution >= 4 is 29.4 Å². The number of carbonyl (C=O) groups excluding carboxylic acids is 2. The van der Waals surface area contributed by atoms with Crippen LogP contribution in [0, 0.1) is 24.2 Å². The van der Waals surface area contributed by atoms with E-state index < -0.39 is 35.5 Å². The van der Waals surface area contributed by atoms with Crippen molar-refractivity contribution in [2.24, 2.45) is 17.3 Å². The van der Waals surface area contributed by atoms with Gasteiger partial charge in [-0.1, -0.05) is 45.7 Å². The number of Topliss-reactive ketones (excluding diaryl/α,β-unsaturated/α-hetero) is 1. The van der Waals surface area contributed by atoms with E-state index in [0.29, 0.717) is 29.5 Å².